The largest absolute Gasteiger partial charge is 0.497 e. The zero-order chi connectivity index (χ0) is 15.1. The Morgan fingerprint density at radius 2 is 2.05 bits per heavy atom. The summed E-state index contributed by atoms with van der Waals surface area (Å²) in [7, 11) is 1.65. The standard InChI is InChI=1S/C17H27NO3/c1-13-6-8-16(9-7-13)21-12-15(19)11-18-14-4-3-5-17(10-14)20-2/h3-5,10,13,15-16,18-19H,6-9,11-12H2,1-2H3. The molecule has 0 amide bonds. The van der Waals surface area contributed by atoms with E-state index in [1.54, 1.807) is 7.11 Å². The van der Waals surface area contributed by atoms with Crippen LogP contribution in [0, 0.1) is 5.92 Å². The van der Waals surface area contributed by atoms with E-state index < -0.39 is 6.10 Å². The van der Waals surface area contributed by atoms with E-state index in [0.717, 1.165) is 30.2 Å². The van der Waals surface area contributed by atoms with E-state index in [1.165, 1.54) is 12.8 Å². The summed E-state index contributed by atoms with van der Waals surface area (Å²) >= 11 is 0. The van der Waals surface area contributed by atoms with Gasteiger partial charge in [0.1, 0.15) is 5.75 Å². The monoisotopic (exact) mass is 293 g/mol. The Labute approximate surface area is 127 Å². The summed E-state index contributed by atoms with van der Waals surface area (Å²) in [5, 5.41) is 13.2. The minimum atomic E-state index is -0.490. The highest BCUT2D eigenvalue weighted by Crippen LogP contribution is 2.25. The van der Waals surface area contributed by atoms with Crippen LogP contribution < -0.4 is 10.1 Å². The van der Waals surface area contributed by atoms with E-state index in [1.807, 2.05) is 24.3 Å². The number of rotatable bonds is 7. The second-order valence-electron chi connectivity index (χ2n) is 5.98. The average Bonchev–Trinajstić information content (AvgIpc) is 2.52. The maximum atomic E-state index is 10.0. The Bertz CT molecular complexity index is 416. The van der Waals surface area contributed by atoms with Gasteiger partial charge in [0.25, 0.3) is 0 Å². The number of methoxy groups -OCH3 is 1. The molecule has 118 valence electrons. The average molecular weight is 293 g/mol. The van der Waals surface area contributed by atoms with E-state index in [0.29, 0.717) is 19.3 Å². The van der Waals surface area contributed by atoms with Gasteiger partial charge in [-0.1, -0.05) is 13.0 Å². The van der Waals surface area contributed by atoms with E-state index in [-0.39, 0.29) is 0 Å². The Balaban J connectivity index is 1.66. The van der Waals surface area contributed by atoms with Crippen LogP contribution in [0.3, 0.4) is 0 Å². The second-order valence-corrected chi connectivity index (χ2v) is 5.98. The van der Waals surface area contributed by atoms with E-state index in [4.69, 9.17) is 9.47 Å². The maximum Gasteiger partial charge on any atom is 0.120 e. The molecule has 1 aliphatic carbocycles. The van der Waals surface area contributed by atoms with Gasteiger partial charge in [-0.3, -0.25) is 0 Å². The molecule has 0 radical (unpaired) electrons. The first-order valence-electron chi connectivity index (χ1n) is 7.85. The lowest BCUT2D eigenvalue weighted by molar-refractivity contribution is -0.0245. The minimum Gasteiger partial charge on any atom is -0.497 e. The summed E-state index contributed by atoms with van der Waals surface area (Å²) in [5.41, 5.74) is 0.944. The number of aliphatic hydroxyl groups excluding tert-OH is 1. The van der Waals surface area contributed by atoms with Gasteiger partial charge in [0.2, 0.25) is 0 Å². The topological polar surface area (TPSA) is 50.7 Å². The first kappa shape index (κ1) is 16.1. The highest BCUT2D eigenvalue weighted by Gasteiger charge is 2.19. The third kappa shape index (κ3) is 5.56. The molecule has 21 heavy (non-hydrogen) atoms. The van der Waals surface area contributed by atoms with Crippen LogP contribution in [0.4, 0.5) is 5.69 Å². The molecule has 1 saturated carbocycles. The van der Waals surface area contributed by atoms with Crippen LogP contribution in [0.15, 0.2) is 24.3 Å². The quantitative estimate of drug-likeness (QED) is 0.811. The second kappa shape index (κ2) is 8.25. The van der Waals surface area contributed by atoms with Crippen molar-refractivity contribution in [3.63, 3.8) is 0 Å². The molecule has 1 aliphatic rings. The zero-order valence-corrected chi connectivity index (χ0v) is 13.0. The van der Waals surface area contributed by atoms with Crippen molar-refractivity contribution in [3.8, 4) is 5.75 Å². The fourth-order valence-electron chi connectivity index (χ4n) is 2.67. The summed E-state index contributed by atoms with van der Waals surface area (Å²) in [5.74, 6) is 1.63. The van der Waals surface area contributed by atoms with Crippen LogP contribution in [0.1, 0.15) is 32.6 Å². The molecule has 1 atom stereocenters. The molecule has 2 N–H and O–H groups in total. The fourth-order valence-corrected chi connectivity index (χ4v) is 2.67. The normalized spacial score (nSPS) is 23.6. The zero-order valence-electron chi connectivity index (χ0n) is 13.0. The Kier molecular flexibility index (Phi) is 6.33. The van der Waals surface area contributed by atoms with E-state index in [9.17, 15) is 5.11 Å². The molecule has 0 saturated heterocycles. The van der Waals surface area contributed by atoms with Crippen molar-refractivity contribution in [1.29, 1.82) is 0 Å². The van der Waals surface area contributed by atoms with Gasteiger partial charge < -0.3 is 19.9 Å². The predicted octanol–water partition coefficient (Wildman–Crippen LogP) is 3.06. The Morgan fingerprint density at radius 1 is 1.29 bits per heavy atom. The third-order valence-corrected chi connectivity index (χ3v) is 4.10. The van der Waals surface area contributed by atoms with Gasteiger partial charge in [-0.2, -0.15) is 0 Å². The number of ether oxygens (including phenoxy) is 2. The first-order valence-corrected chi connectivity index (χ1v) is 7.85. The van der Waals surface area contributed by atoms with Crippen molar-refractivity contribution < 1.29 is 14.6 Å². The van der Waals surface area contributed by atoms with Crippen molar-refractivity contribution in [2.75, 3.05) is 25.6 Å². The van der Waals surface area contributed by atoms with Gasteiger partial charge in [-0.15, -0.1) is 0 Å². The van der Waals surface area contributed by atoms with Gasteiger partial charge in [0, 0.05) is 18.3 Å². The SMILES string of the molecule is COc1cccc(NCC(O)COC2CCC(C)CC2)c1. The number of aliphatic hydroxyl groups is 1. The molecule has 1 aromatic rings. The lowest BCUT2D eigenvalue weighted by Crippen LogP contribution is -2.29. The van der Waals surface area contributed by atoms with Crippen LogP contribution >= 0.6 is 0 Å². The summed E-state index contributed by atoms with van der Waals surface area (Å²) in [6.45, 7) is 3.18. The highest BCUT2D eigenvalue weighted by molar-refractivity contribution is 5.48. The van der Waals surface area contributed by atoms with Crippen LogP contribution in [0.5, 0.6) is 5.75 Å². The molecule has 1 fully saturated rings. The van der Waals surface area contributed by atoms with Crippen LogP contribution in [-0.4, -0.2) is 37.6 Å². The number of nitrogens with one attached hydrogen (secondary N) is 1. The number of anilines is 1. The van der Waals surface area contributed by atoms with Crippen LogP contribution in [0.2, 0.25) is 0 Å². The molecule has 2 rings (SSSR count). The van der Waals surface area contributed by atoms with E-state index in [2.05, 4.69) is 12.2 Å². The minimum absolute atomic E-state index is 0.327. The van der Waals surface area contributed by atoms with Gasteiger partial charge in [-0.25, -0.2) is 0 Å². The molecular weight excluding hydrogens is 266 g/mol. The van der Waals surface area contributed by atoms with Gasteiger partial charge >= 0.3 is 0 Å². The summed E-state index contributed by atoms with van der Waals surface area (Å²) in [6.07, 6.45) is 4.56. The van der Waals surface area contributed by atoms with Crippen molar-refractivity contribution in [3.05, 3.63) is 24.3 Å². The van der Waals surface area contributed by atoms with Crippen molar-refractivity contribution in [2.45, 2.75) is 44.8 Å². The highest BCUT2D eigenvalue weighted by atomic mass is 16.5. The molecule has 0 spiro atoms. The Hall–Kier alpha value is -1.26. The maximum absolute atomic E-state index is 10.0. The molecule has 4 heteroatoms. The van der Waals surface area contributed by atoms with Crippen molar-refractivity contribution in [2.24, 2.45) is 5.92 Å². The summed E-state index contributed by atoms with van der Waals surface area (Å²) in [6, 6.07) is 7.69. The molecule has 4 nitrogen and oxygen atoms in total. The lowest BCUT2D eigenvalue weighted by atomic mass is 9.89. The molecule has 1 unspecified atom stereocenters. The molecule has 0 aliphatic heterocycles. The van der Waals surface area contributed by atoms with Crippen LogP contribution in [0.25, 0.3) is 0 Å². The van der Waals surface area contributed by atoms with Crippen LogP contribution in [-0.2, 0) is 4.74 Å². The Morgan fingerprint density at radius 3 is 2.76 bits per heavy atom. The summed E-state index contributed by atoms with van der Waals surface area (Å²) in [4.78, 5) is 0. The molecule has 0 aromatic heterocycles. The number of hydrogen-bond acceptors (Lipinski definition) is 4. The third-order valence-electron chi connectivity index (χ3n) is 4.10. The molecule has 0 bridgehead atoms. The van der Waals surface area contributed by atoms with E-state index >= 15 is 0 Å². The van der Waals surface area contributed by atoms with Gasteiger partial charge in [0.05, 0.1) is 25.9 Å². The molecule has 1 aromatic carbocycles. The molecule has 0 heterocycles. The lowest BCUT2D eigenvalue weighted by Gasteiger charge is -2.27. The van der Waals surface area contributed by atoms with Crippen molar-refractivity contribution in [1.82, 2.24) is 0 Å². The smallest absolute Gasteiger partial charge is 0.120 e. The van der Waals surface area contributed by atoms with Gasteiger partial charge in [0.15, 0.2) is 0 Å². The first-order chi connectivity index (χ1) is 10.2. The van der Waals surface area contributed by atoms with Crippen molar-refractivity contribution >= 4 is 5.69 Å². The number of benzene rings is 1. The van der Waals surface area contributed by atoms with Gasteiger partial charge in [-0.05, 0) is 43.7 Å². The number of hydrogen-bond donors (Lipinski definition) is 2. The predicted molar refractivity (Wildman–Crippen MR) is 84.9 cm³/mol. The summed E-state index contributed by atoms with van der Waals surface area (Å²) < 4.78 is 11.0. The molecular formula is C17H27NO3. The fraction of sp³-hybridized carbons (Fsp3) is 0.647.